The van der Waals surface area contributed by atoms with Crippen molar-refractivity contribution in [3.05, 3.63) is 53.1 Å². The van der Waals surface area contributed by atoms with E-state index in [1.54, 1.807) is 39.5 Å². The van der Waals surface area contributed by atoms with Gasteiger partial charge < -0.3 is 24.3 Å². The zero-order valence-corrected chi connectivity index (χ0v) is 19.9. The number of amides is 1. The largest absolute Gasteiger partial charge is 0.493 e. The van der Waals surface area contributed by atoms with Crippen LogP contribution < -0.4 is 24.3 Å². The molecule has 0 aliphatic carbocycles. The van der Waals surface area contributed by atoms with Gasteiger partial charge in [0.15, 0.2) is 23.0 Å². The first-order valence-electron chi connectivity index (χ1n) is 10.8. The van der Waals surface area contributed by atoms with E-state index in [1.165, 1.54) is 6.08 Å². The normalized spacial score (nSPS) is 11.0. The van der Waals surface area contributed by atoms with Gasteiger partial charge in [0.05, 0.1) is 27.9 Å². The highest BCUT2D eigenvalue weighted by atomic mass is 16.5. The van der Waals surface area contributed by atoms with Crippen molar-refractivity contribution >= 4 is 12.0 Å². The van der Waals surface area contributed by atoms with Gasteiger partial charge in [-0.2, -0.15) is 5.26 Å². The van der Waals surface area contributed by atoms with Crippen molar-refractivity contribution in [1.82, 2.24) is 5.32 Å². The third-order valence-electron chi connectivity index (χ3n) is 4.96. The van der Waals surface area contributed by atoms with Crippen LogP contribution >= 0.6 is 0 Å². The molecule has 0 atom stereocenters. The summed E-state index contributed by atoms with van der Waals surface area (Å²) in [6, 6.07) is 12.9. The highest BCUT2D eigenvalue weighted by molar-refractivity contribution is 6.01. The Bertz CT molecular complexity index is 1010. The Kier molecular flexibility index (Phi) is 10.1. The van der Waals surface area contributed by atoms with Crippen LogP contribution in [0.4, 0.5) is 0 Å². The minimum absolute atomic E-state index is 0.0119. The van der Waals surface area contributed by atoms with Crippen LogP contribution in [0.5, 0.6) is 23.0 Å². The first-order valence-corrected chi connectivity index (χ1v) is 10.8. The lowest BCUT2D eigenvalue weighted by Crippen LogP contribution is -2.26. The van der Waals surface area contributed by atoms with Gasteiger partial charge in [-0.15, -0.1) is 0 Å². The summed E-state index contributed by atoms with van der Waals surface area (Å²) in [5, 5.41) is 12.3. The number of rotatable bonds is 12. The van der Waals surface area contributed by atoms with E-state index >= 15 is 0 Å². The maximum absolute atomic E-state index is 12.5. The van der Waals surface area contributed by atoms with E-state index in [-0.39, 0.29) is 5.57 Å². The molecule has 2 rings (SSSR count). The summed E-state index contributed by atoms with van der Waals surface area (Å²) >= 11 is 0. The van der Waals surface area contributed by atoms with Gasteiger partial charge in [-0.1, -0.05) is 26.0 Å². The van der Waals surface area contributed by atoms with Crippen LogP contribution in [0.15, 0.2) is 42.0 Å². The Morgan fingerprint density at radius 1 is 1.00 bits per heavy atom. The van der Waals surface area contributed by atoms with Crippen LogP contribution in [0, 0.1) is 17.2 Å². The molecule has 7 nitrogen and oxygen atoms in total. The Balaban J connectivity index is 2.01. The number of ether oxygens (including phenoxy) is 4. The van der Waals surface area contributed by atoms with Crippen LogP contribution in [0.25, 0.3) is 6.08 Å². The van der Waals surface area contributed by atoms with E-state index in [2.05, 4.69) is 19.2 Å². The van der Waals surface area contributed by atoms with Gasteiger partial charge in [-0.3, -0.25) is 4.79 Å². The number of nitrogens with one attached hydrogen (secondary N) is 1. The second-order valence-corrected chi connectivity index (χ2v) is 7.81. The second kappa shape index (κ2) is 13.0. The van der Waals surface area contributed by atoms with Crippen LogP contribution in [0.1, 0.15) is 31.4 Å². The van der Waals surface area contributed by atoms with Crippen molar-refractivity contribution in [1.29, 1.82) is 5.26 Å². The van der Waals surface area contributed by atoms with Crippen LogP contribution in [0.2, 0.25) is 0 Å². The van der Waals surface area contributed by atoms with E-state index in [9.17, 15) is 10.1 Å². The summed E-state index contributed by atoms with van der Waals surface area (Å²) in [5.74, 6) is 2.57. The molecule has 0 fully saturated rings. The van der Waals surface area contributed by atoms with E-state index in [4.69, 9.17) is 18.9 Å². The van der Waals surface area contributed by atoms with Gasteiger partial charge in [0.25, 0.3) is 5.91 Å². The van der Waals surface area contributed by atoms with E-state index < -0.39 is 5.91 Å². The molecule has 0 aromatic heterocycles. The van der Waals surface area contributed by atoms with Crippen LogP contribution in [-0.4, -0.2) is 40.4 Å². The predicted molar refractivity (Wildman–Crippen MR) is 128 cm³/mol. The Morgan fingerprint density at radius 3 is 2.30 bits per heavy atom. The summed E-state index contributed by atoms with van der Waals surface area (Å²) in [4.78, 5) is 12.5. The third kappa shape index (κ3) is 7.76. The number of carbonyl (C=O) groups excluding carboxylic acids is 1. The molecule has 1 amide bonds. The fraction of sp³-hybridized carbons (Fsp3) is 0.385. The minimum atomic E-state index is -0.436. The number of carbonyl (C=O) groups is 1. The average molecular weight is 453 g/mol. The highest BCUT2D eigenvalue weighted by Crippen LogP contribution is 2.29. The molecule has 0 aliphatic heterocycles. The number of hydrogen-bond acceptors (Lipinski definition) is 6. The predicted octanol–water partition coefficient (Wildman–Crippen LogP) is 4.40. The minimum Gasteiger partial charge on any atom is -0.493 e. The van der Waals surface area contributed by atoms with E-state index in [1.807, 2.05) is 24.3 Å². The quantitative estimate of drug-likeness (QED) is 0.379. The van der Waals surface area contributed by atoms with Crippen molar-refractivity contribution in [2.45, 2.75) is 26.7 Å². The Labute approximate surface area is 195 Å². The maximum atomic E-state index is 12.5. The molecule has 0 spiro atoms. The first kappa shape index (κ1) is 25.6. The molecule has 0 heterocycles. The number of methoxy groups -OCH3 is 3. The Hall–Kier alpha value is -3.66. The molecule has 0 unspecified atom stereocenters. The van der Waals surface area contributed by atoms with Gasteiger partial charge in [-0.05, 0) is 60.2 Å². The van der Waals surface area contributed by atoms with Gasteiger partial charge in [0.2, 0.25) is 0 Å². The monoisotopic (exact) mass is 452 g/mol. The van der Waals surface area contributed by atoms with Gasteiger partial charge >= 0.3 is 0 Å². The van der Waals surface area contributed by atoms with E-state index in [0.717, 1.165) is 12.0 Å². The van der Waals surface area contributed by atoms with Crippen LogP contribution in [-0.2, 0) is 11.2 Å². The molecular weight excluding hydrogens is 420 g/mol. The van der Waals surface area contributed by atoms with Crippen molar-refractivity contribution in [3.63, 3.8) is 0 Å². The van der Waals surface area contributed by atoms with Crippen molar-refractivity contribution in [2.75, 3.05) is 34.5 Å². The molecule has 33 heavy (non-hydrogen) atoms. The topological polar surface area (TPSA) is 89.8 Å². The highest BCUT2D eigenvalue weighted by Gasteiger charge is 2.11. The molecule has 7 heteroatoms. The lowest BCUT2D eigenvalue weighted by molar-refractivity contribution is -0.117. The third-order valence-corrected chi connectivity index (χ3v) is 4.96. The first-order chi connectivity index (χ1) is 15.9. The molecule has 1 N–H and O–H groups in total. The maximum Gasteiger partial charge on any atom is 0.261 e. The molecule has 2 aromatic rings. The summed E-state index contributed by atoms with van der Waals surface area (Å²) in [7, 11) is 4.72. The second-order valence-electron chi connectivity index (χ2n) is 7.81. The zero-order chi connectivity index (χ0) is 24.2. The molecule has 176 valence electrons. The standard InChI is InChI=1S/C26H32N2O5/c1-18(2)11-13-33-23-9-7-20(16-25(23)32-5)14-21(17-27)26(29)28-12-10-19-6-8-22(30-3)24(15-19)31-4/h6-9,14-16,18H,10-13H2,1-5H3,(H,28,29). The fourth-order valence-corrected chi connectivity index (χ4v) is 3.06. The zero-order valence-electron chi connectivity index (χ0n) is 19.9. The number of benzene rings is 2. The molecule has 0 radical (unpaired) electrons. The van der Waals surface area contributed by atoms with Crippen molar-refractivity contribution in [3.8, 4) is 29.1 Å². The lowest BCUT2D eigenvalue weighted by atomic mass is 10.1. The molecular formula is C26H32N2O5. The molecule has 0 saturated heterocycles. The van der Waals surface area contributed by atoms with E-state index in [0.29, 0.717) is 54.1 Å². The summed E-state index contributed by atoms with van der Waals surface area (Å²) in [5.41, 5.74) is 1.67. The number of nitriles is 1. The molecule has 2 aromatic carbocycles. The van der Waals surface area contributed by atoms with Gasteiger partial charge in [0, 0.05) is 6.54 Å². The molecule has 0 saturated carbocycles. The van der Waals surface area contributed by atoms with Gasteiger partial charge in [-0.25, -0.2) is 0 Å². The smallest absolute Gasteiger partial charge is 0.261 e. The van der Waals surface area contributed by atoms with Crippen molar-refractivity contribution in [2.24, 2.45) is 5.92 Å². The van der Waals surface area contributed by atoms with Crippen LogP contribution in [0.3, 0.4) is 0 Å². The average Bonchev–Trinajstić information content (AvgIpc) is 2.82. The fourth-order valence-electron chi connectivity index (χ4n) is 3.06. The summed E-state index contributed by atoms with van der Waals surface area (Å²) in [6.45, 7) is 5.24. The Morgan fingerprint density at radius 2 is 1.67 bits per heavy atom. The van der Waals surface area contributed by atoms with Gasteiger partial charge in [0.1, 0.15) is 11.6 Å². The van der Waals surface area contributed by atoms with Crippen molar-refractivity contribution < 1.29 is 23.7 Å². The SMILES string of the molecule is COc1ccc(CCNC(=O)C(C#N)=Cc2ccc(OCCC(C)C)c(OC)c2)cc1OC. The molecule has 0 bridgehead atoms. The number of hydrogen-bond donors (Lipinski definition) is 1. The molecule has 0 aliphatic rings. The summed E-state index contributed by atoms with van der Waals surface area (Å²) in [6.07, 6.45) is 3.06. The number of nitrogens with zero attached hydrogens (tertiary/aromatic N) is 1. The lowest BCUT2D eigenvalue weighted by Gasteiger charge is -2.12. The summed E-state index contributed by atoms with van der Waals surface area (Å²) < 4.78 is 21.7.